The van der Waals surface area contributed by atoms with Crippen molar-refractivity contribution in [2.45, 2.75) is 26.2 Å². The summed E-state index contributed by atoms with van der Waals surface area (Å²) in [4.78, 5) is 11.9. The zero-order chi connectivity index (χ0) is 13.9. The largest absolute Gasteiger partial charge is 0.456 e. The summed E-state index contributed by atoms with van der Waals surface area (Å²) in [6.45, 7) is 1.81. The minimum absolute atomic E-state index is 0.288. The fraction of sp³-hybridized carbons (Fsp3) is 0.250. The van der Waals surface area contributed by atoms with Crippen LogP contribution in [0.4, 0.5) is 0 Å². The Balaban J connectivity index is 1.79. The van der Waals surface area contributed by atoms with Crippen molar-refractivity contribution in [3.63, 3.8) is 0 Å². The van der Waals surface area contributed by atoms with Crippen molar-refractivity contribution in [2.24, 2.45) is 5.10 Å². The van der Waals surface area contributed by atoms with Gasteiger partial charge in [-0.15, -0.1) is 0 Å². The number of nitrogens with one attached hydrogen (secondary N) is 1. The molecule has 0 fully saturated rings. The Morgan fingerprint density at radius 3 is 2.85 bits per heavy atom. The number of rotatable bonds is 2. The lowest BCUT2D eigenvalue weighted by atomic mass is 9.90. The highest BCUT2D eigenvalue weighted by molar-refractivity contribution is 6.03. The molecule has 2 aromatic rings. The normalized spacial score (nSPS) is 15.9. The van der Waals surface area contributed by atoms with Gasteiger partial charge in [-0.2, -0.15) is 5.10 Å². The van der Waals surface area contributed by atoms with Crippen LogP contribution < -0.4 is 5.43 Å². The van der Waals surface area contributed by atoms with Crippen LogP contribution in [0.3, 0.4) is 0 Å². The lowest BCUT2D eigenvalue weighted by Gasteiger charge is -2.17. The van der Waals surface area contributed by atoms with Gasteiger partial charge in [0.05, 0.1) is 5.71 Å². The van der Waals surface area contributed by atoms with Crippen molar-refractivity contribution in [1.82, 2.24) is 5.43 Å². The van der Waals surface area contributed by atoms with Crippen LogP contribution in [0.1, 0.15) is 40.3 Å². The molecule has 102 valence electrons. The molecule has 20 heavy (non-hydrogen) atoms. The number of hydrogen-bond donors (Lipinski definition) is 1. The van der Waals surface area contributed by atoms with Gasteiger partial charge in [-0.3, -0.25) is 4.79 Å². The quantitative estimate of drug-likeness (QED) is 0.851. The van der Waals surface area contributed by atoms with Crippen LogP contribution in [0, 0.1) is 6.92 Å². The summed E-state index contributed by atoms with van der Waals surface area (Å²) in [5, 5.41) is 4.27. The Labute approximate surface area is 117 Å². The highest BCUT2D eigenvalue weighted by atomic mass is 16.3. The zero-order valence-electron chi connectivity index (χ0n) is 11.3. The number of nitrogens with zero attached hydrogens (tertiary/aromatic N) is 1. The average molecular weight is 268 g/mol. The highest BCUT2D eigenvalue weighted by Crippen LogP contribution is 2.21. The van der Waals surface area contributed by atoms with E-state index in [1.54, 1.807) is 19.1 Å². The number of carbonyl (C=O) groups is 1. The van der Waals surface area contributed by atoms with Gasteiger partial charge in [0.25, 0.3) is 0 Å². The van der Waals surface area contributed by atoms with E-state index in [1.807, 2.05) is 12.1 Å². The molecule has 1 aromatic carbocycles. The molecule has 0 bridgehead atoms. The third-order valence-corrected chi connectivity index (χ3v) is 3.44. The molecule has 0 radical (unpaired) electrons. The van der Waals surface area contributed by atoms with Crippen molar-refractivity contribution < 1.29 is 9.21 Å². The topological polar surface area (TPSA) is 54.6 Å². The first-order chi connectivity index (χ1) is 9.74. The molecule has 0 saturated heterocycles. The molecule has 1 amide bonds. The van der Waals surface area contributed by atoms with E-state index >= 15 is 0 Å². The summed E-state index contributed by atoms with van der Waals surface area (Å²) >= 11 is 0. The minimum Gasteiger partial charge on any atom is -0.456 e. The molecule has 1 aliphatic carbocycles. The van der Waals surface area contributed by atoms with Crippen LogP contribution >= 0.6 is 0 Å². The summed E-state index contributed by atoms with van der Waals surface area (Å²) in [5.41, 5.74) is 5.94. The van der Waals surface area contributed by atoms with E-state index in [4.69, 9.17) is 4.42 Å². The molecule has 0 spiro atoms. The monoisotopic (exact) mass is 268 g/mol. The van der Waals surface area contributed by atoms with Crippen molar-refractivity contribution >= 4 is 11.6 Å². The predicted molar refractivity (Wildman–Crippen MR) is 76.8 cm³/mol. The molecular weight excluding hydrogens is 252 g/mol. The second-order valence-corrected chi connectivity index (χ2v) is 4.92. The van der Waals surface area contributed by atoms with Crippen LogP contribution in [0.2, 0.25) is 0 Å². The summed E-state index contributed by atoms with van der Waals surface area (Å²) in [7, 11) is 0. The molecule has 0 atom stereocenters. The fourth-order valence-corrected chi connectivity index (χ4v) is 2.45. The summed E-state index contributed by atoms with van der Waals surface area (Å²) in [6.07, 6.45) is 3.01. The Morgan fingerprint density at radius 2 is 2.05 bits per heavy atom. The van der Waals surface area contributed by atoms with E-state index in [1.165, 1.54) is 5.56 Å². The number of fused-ring (bicyclic) bond motifs is 1. The van der Waals surface area contributed by atoms with Crippen LogP contribution in [0.5, 0.6) is 0 Å². The Bertz CT molecular complexity index is 671. The molecule has 0 aliphatic heterocycles. The first-order valence-electron chi connectivity index (χ1n) is 6.75. The van der Waals surface area contributed by atoms with Crippen LogP contribution in [0.25, 0.3) is 0 Å². The maximum atomic E-state index is 11.9. The van der Waals surface area contributed by atoms with Crippen LogP contribution in [0.15, 0.2) is 45.9 Å². The second-order valence-electron chi connectivity index (χ2n) is 4.92. The highest BCUT2D eigenvalue weighted by Gasteiger charge is 2.16. The first-order valence-corrected chi connectivity index (χ1v) is 6.75. The maximum Gasteiger partial charge on any atom is 0.307 e. The van der Waals surface area contributed by atoms with Gasteiger partial charge in [0.2, 0.25) is 0 Å². The van der Waals surface area contributed by atoms with E-state index in [0.717, 1.165) is 30.5 Å². The lowest BCUT2D eigenvalue weighted by molar-refractivity contribution is 0.0926. The average Bonchev–Trinajstić information content (AvgIpc) is 2.91. The third kappa shape index (κ3) is 2.50. The molecule has 0 unspecified atom stereocenters. The Hall–Kier alpha value is -2.36. The maximum absolute atomic E-state index is 11.9. The molecule has 1 heterocycles. The summed E-state index contributed by atoms with van der Waals surface area (Å²) in [6, 6.07) is 11.6. The number of hydrogen-bond acceptors (Lipinski definition) is 3. The van der Waals surface area contributed by atoms with Gasteiger partial charge in [0.1, 0.15) is 5.76 Å². The fourth-order valence-electron chi connectivity index (χ4n) is 2.45. The van der Waals surface area contributed by atoms with Crippen molar-refractivity contribution in [1.29, 1.82) is 0 Å². The smallest absolute Gasteiger partial charge is 0.307 e. The molecule has 4 nitrogen and oxygen atoms in total. The van der Waals surface area contributed by atoms with Gasteiger partial charge < -0.3 is 4.42 Å². The van der Waals surface area contributed by atoms with E-state index in [0.29, 0.717) is 5.76 Å². The van der Waals surface area contributed by atoms with E-state index in [2.05, 4.69) is 22.7 Å². The number of amides is 1. The SMILES string of the molecule is Cc1ccc(C(=O)N/N=C2/CCCc3ccccc32)o1. The number of carbonyl (C=O) groups excluding carboxylic acids is 1. The van der Waals surface area contributed by atoms with E-state index in [9.17, 15) is 4.79 Å². The van der Waals surface area contributed by atoms with Crippen LogP contribution in [-0.2, 0) is 6.42 Å². The van der Waals surface area contributed by atoms with Gasteiger partial charge in [-0.25, -0.2) is 5.43 Å². The molecular formula is C16H16N2O2. The van der Waals surface area contributed by atoms with Gasteiger partial charge in [-0.1, -0.05) is 24.3 Å². The lowest BCUT2D eigenvalue weighted by Crippen LogP contribution is -2.21. The van der Waals surface area contributed by atoms with Crippen LogP contribution in [-0.4, -0.2) is 11.6 Å². The molecule has 4 heteroatoms. The van der Waals surface area contributed by atoms with E-state index < -0.39 is 0 Å². The van der Waals surface area contributed by atoms with Crippen molar-refractivity contribution in [3.8, 4) is 0 Å². The van der Waals surface area contributed by atoms with Crippen molar-refractivity contribution in [3.05, 3.63) is 59.0 Å². The molecule has 3 rings (SSSR count). The zero-order valence-corrected chi connectivity index (χ0v) is 11.3. The Kier molecular flexibility index (Phi) is 3.37. The second kappa shape index (κ2) is 5.33. The predicted octanol–water partition coefficient (Wildman–Crippen LogP) is 3.06. The molecule has 0 saturated carbocycles. The standard InChI is InChI=1S/C16H16N2O2/c1-11-9-10-15(20-11)16(19)18-17-14-8-4-6-12-5-2-3-7-13(12)14/h2-3,5,7,9-10H,4,6,8H2,1H3,(H,18,19)/b17-14-. The third-order valence-electron chi connectivity index (χ3n) is 3.44. The van der Waals surface area contributed by atoms with E-state index in [-0.39, 0.29) is 11.7 Å². The number of hydrazone groups is 1. The van der Waals surface area contributed by atoms with Gasteiger partial charge in [0.15, 0.2) is 5.76 Å². The summed E-state index contributed by atoms with van der Waals surface area (Å²) in [5.74, 6) is 0.690. The minimum atomic E-state index is -0.311. The molecule has 1 N–H and O–H groups in total. The van der Waals surface area contributed by atoms with Gasteiger partial charge in [-0.05, 0) is 43.9 Å². The number of benzene rings is 1. The molecule has 1 aromatic heterocycles. The number of aryl methyl sites for hydroxylation is 2. The summed E-state index contributed by atoms with van der Waals surface area (Å²) < 4.78 is 5.27. The first kappa shape index (κ1) is 12.7. The van der Waals surface area contributed by atoms with Gasteiger partial charge in [0, 0.05) is 5.56 Å². The molecule has 1 aliphatic rings. The number of furan rings is 1. The van der Waals surface area contributed by atoms with Crippen molar-refractivity contribution in [2.75, 3.05) is 0 Å². The van der Waals surface area contributed by atoms with Gasteiger partial charge >= 0.3 is 5.91 Å². The Morgan fingerprint density at radius 1 is 1.20 bits per heavy atom.